The Morgan fingerprint density at radius 2 is 1.83 bits per heavy atom. The number of nitrogens with one attached hydrogen (secondary N) is 1. The molecular weight excluding hydrogens is 550 g/mol. The summed E-state index contributed by atoms with van der Waals surface area (Å²) in [7, 11) is 3.15. The van der Waals surface area contributed by atoms with E-state index in [9.17, 15) is 9.90 Å². The highest BCUT2D eigenvalue weighted by Crippen LogP contribution is 2.28. The topological polar surface area (TPSA) is 93.2 Å². The number of rotatable bonds is 13. The first-order valence-corrected chi connectivity index (χ1v) is 15.5. The van der Waals surface area contributed by atoms with Crippen LogP contribution in [0.15, 0.2) is 77.8 Å². The van der Waals surface area contributed by atoms with Crippen molar-refractivity contribution in [3.05, 3.63) is 84.1 Å². The number of nitrogens with zero attached hydrogens (tertiary/aromatic N) is 2. The van der Waals surface area contributed by atoms with Crippen molar-refractivity contribution < 1.29 is 24.1 Å². The van der Waals surface area contributed by atoms with Crippen LogP contribution in [0.4, 0.5) is 0 Å². The molecule has 0 saturated carbocycles. The number of aliphatic hydroxyl groups is 1. The van der Waals surface area contributed by atoms with Gasteiger partial charge in [-0.1, -0.05) is 64.1 Å². The third-order valence-electron chi connectivity index (χ3n) is 6.38. The lowest BCUT2D eigenvalue weighted by atomic mass is 10.0. The van der Waals surface area contributed by atoms with E-state index in [1.165, 1.54) is 13.3 Å². The zero-order valence-corrected chi connectivity index (χ0v) is 26.6. The van der Waals surface area contributed by atoms with E-state index in [0.29, 0.717) is 31.0 Å². The minimum absolute atomic E-state index is 0.103. The number of hydrogen-bond acceptors (Lipinski definition) is 8. The van der Waals surface area contributed by atoms with E-state index < -0.39 is 12.1 Å². The van der Waals surface area contributed by atoms with Gasteiger partial charge < -0.3 is 24.6 Å². The first-order chi connectivity index (χ1) is 20.5. The molecule has 4 rings (SSSR count). The number of benzene rings is 2. The Balaban J connectivity index is 0.00000148. The van der Waals surface area contributed by atoms with Gasteiger partial charge in [-0.15, -0.1) is 0 Å². The smallest absolute Gasteiger partial charge is 0.251 e. The van der Waals surface area contributed by atoms with Gasteiger partial charge in [0.25, 0.3) is 5.91 Å². The van der Waals surface area contributed by atoms with Crippen molar-refractivity contribution >= 4 is 17.9 Å². The van der Waals surface area contributed by atoms with Gasteiger partial charge in [0.2, 0.25) is 5.88 Å². The average molecular weight is 598 g/mol. The molecule has 1 fully saturated rings. The van der Waals surface area contributed by atoms with Gasteiger partial charge in [0.05, 0.1) is 32.5 Å². The van der Waals surface area contributed by atoms with Gasteiger partial charge in [0, 0.05) is 42.4 Å². The van der Waals surface area contributed by atoms with E-state index in [-0.39, 0.29) is 12.0 Å². The quantitative estimate of drug-likeness (QED) is 0.230. The van der Waals surface area contributed by atoms with Gasteiger partial charge in [-0.3, -0.25) is 4.79 Å². The maximum atomic E-state index is 13.2. The third kappa shape index (κ3) is 11.6. The predicted octanol–water partition coefficient (Wildman–Crippen LogP) is 6.04. The Hall–Kier alpha value is -3.11. The zero-order chi connectivity index (χ0) is 30.7. The van der Waals surface area contributed by atoms with Crippen LogP contribution in [0.3, 0.4) is 0 Å². The number of methoxy groups -OCH3 is 2. The summed E-state index contributed by atoms with van der Waals surface area (Å²) >= 11 is 1.55. The van der Waals surface area contributed by atoms with Crippen molar-refractivity contribution in [1.29, 1.82) is 0 Å². The standard InChI is InChI=1S/C29H35N3O5S.2C2H6/c1-35-23-10-6-12-25(18-23)38-32(19-24-11-7-15-37-24)20-27(33)26(16-21-8-4-3-5-9-21)31-29(34)22-13-14-30-28(17-22)36-2;2*1-2/h3-6,8-10,12-14,17-18,24,26-27,33H,7,11,15-16,19-20H2,1-2H3,(H,31,34);2*1-2H3. The zero-order valence-electron chi connectivity index (χ0n) is 25.8. The largest absolute Gasteiger partial charge is 0.497 e. The van der Waals surface area contributed by atoms with E-state index in [2.05, 4.69) is 14.6 Å². The van der Waals surface area contributed by atoms with E-state index in [0.717, 1.165) is 35.7 Å². The van der Waals surface area contributed by atoms with Gasteiger partial charge in [-0.2, -0.15) is 0 Å². The summed E-state index contributed by atoms with van der Waals surface area (Å²) in [6.45, 7) is 9.75. The molecular formula is C33H47N3O5S. The number of pyridine rings is 1. The fourth-order valence-corrected chi connectivity index (χ4v) is 5.45. The molecule has 1 aliphatic heterocycles. The Kier molecular flexibility index (Phi) is 16.6. The number of amides is 1. The van der Waals surface area contributed by atoms with Crippen molar-refractivity contribution in [2.45, 2.75) is 70.1 Å². The number of aliphatic hydroxyl groups excluding tert-OH is 1. The van der Waals surface area contributed by atoms with Crippen LogP contribution in [0.1, 0.15) is 56.5 Å². The molecule has 1 amide bonds. The normalized spacial score (nSPS) is 15.4. The highest BCUT2D eigenvalue weighted by atomic mass is 32.2. The molecule has 1 aromatic heterocycles. The molecule has 1 aliphatic rings. The monoisotopic (exact) mass is 597 g/mol. The fourth-order valence-electron chi connectivity index (χ4n) is 4.37. The molecule has 3 atom stereocenters. The van der Waals surface area contributed by atoms with E-state index >= 15 is 0 Å². The van der Waals surface area contributed by atoms with Gasteiger partial charge in [-0.05, 0) is 61.0 Å². The average Bonchev–Trinajstić information content (AvgIpc) is 3.56. The van der Waals surface area contributed by atoms with Crippen LogP contribution < -0.4 is 14.8 Å². The summed E-state index contributed by atoms with van der Waals surface area (Å²) in [4.78, 5) is 18.3. The van der Waals surface area contributed by atoms with Crippen molar-refractivity contribution in [1.82, 2.24) is 14.6 Å². The van der Waals surface area contributed by atoms with Crippen LogP contribution in [0, 0.1) is 0 Å². The summed E-state index contributed by atoms with van der Waals surface area (Å²) in [6, 6.07) is 20.4. The van der Waals surface area contributed by atoms with Gasteiger partial charge in [0.15, 0.2) is 0 Å². The molecule has 9 heteroatoms. The number of carbonyl (C=O) groups excluding carboxylic acids is 1. The first kappa shape index (κ1) is 35.1. The summed E-state index contributed by atoms with van der Waals surface area (Å²) in [5.41, 5.74) is 1.44. The Bertz CT molecular complexity index is 1160. The molecule has 3 unspecified atom stereocenters. The summed E-state index contributed by atoms with van der Waals surface area (Å²) in [5, 5.41) is 14.6. The first-order valence-electron chi connectivity index (χ1n) is 14.8. The molecule has 0 radical (unpaired) electrons. The van der Waals surface area contributed by atoms with E-state index in [1.807, 2.05) is 82.3 Å². The number of aromatic nitrogens is 1. The van der Waals surface area contributed by atoms with E-state index in [1.54, 1.807) is 31.2 Å². The lowest BCUT2D eigenvalue weighted by molar-refractivity contribution is 0.0651. The summed E-state index contributed by atoms with van der Waals surface area (Å²) in [5.74, 6) is 0.835. The minimum atomic E-state index is -0.845. The molecule has 2 aromatic carbocycles. The van der Waals surface area contributed by atoms with Crippen molar-refractivity contribution in [3.8, 4) is 11.6 Å². The second kappa shape index (κ2) is 19.9. The molecule has 1 saturated heterocycles. The number of carbonyl (C=O) groups is 1. The summed E-state index contributed by atoms with van der Waals surface area (Å²) < 4.78 is 18.6. The molecule has 230 valence electrons. The molecule has 0 spiro atoms. The highest BCUT2D eigenvalue weighted by Gasteiger charge is 2.28. The molecule has 0 aliphatic carbocycles. The number of ether oxygens (including phenoxy) is 3. The molecule has 42 heavy (non-hydrogen) atoms. The van der Waals surface area contributed by atoms with Crippen LogP contribution in [-0.2, 0) is 11.2 Å². The fraction of sp³-hybridized carbons (Fsp3) is 0.455. The van der Waals surface area contributed by atoms with Crippen LogP contribution in [0.25, 0.3) is 0 Å². The van der Waals surface area contributed by atoms with Crippen LogP contribution >= 0.6 is 11.9 Å². The number of hydrogen-bond donors (Lipinski definition) is 2. The SMILES string of the molecule is CC.CC.COc1cccc(SN(CC2CCCO2)CC(O)C(Cc2ccccc2)NC(=O)c2ccnc(OC)c2)c1. The van der Waals surface area contributed by atoms with Crippen molar-refractivity contribution in [3.63, 3.8) is 0 Å². The van der Waals surface area contributed by atoms with Crippen molar-refractivity contribution in [2.24, 2.45) is 0 Å². The Morgan fingerprint density at radius 1 is 1.07 bits per heavy atom. The lowest BCUT2D eigenvalue weighted by Gasteiger charge is -2.31. The van der Waals surface area contributed by atoms with Crippen molar-refractivity contribution in [2.75, 3.05) is 33.9 Å². The van der Waals surface area contributed by atoms with Gasteiger partial charge >= 0.3 is 0 Å². The van der Waals surface area contributed by atoms with Crippen LogP contribution in [-0.4, -0.2) is 72.5 Å². The molecule has 0 bridgehead atoms. The molecule has 3 aromatic rings. The van der Waals surface area contributed by atoms with Gasteiger partial charge in [-0.25, -0.2) is 9.29 Å². The molecule has 2 heterocycles. The highest BCUT2D eigenvalue weighted by molar-refractivity contribution is 7.97. The Morgan fingerprint density at radius 3 is 2.50 bits per heavy atom. The van der Waals surface area contributed by atoms with Crippen LogP contribution in [0.5, 0.6) is 11.6 Å². The minimum Gasteiger partial charge on any atom is -0.497 e. The molecule has 2 N–H and O–H groups in total. The maximum Gasteiger partial charge on any atom is 0.251 e. The van der Waals surface area contributed by atoms with Crippen LogP contribution in [0.2, 0.25) is 0 Å². The predicted molar refractivity (Wildman–Crippen MR) is 170 cm³/mol. The van der Waals surface area contributed by atoms with E-state index in [4.69, 9.17) is 14.2 Å². The van der Waals surface area contributed by atoms with Gasteiger partial charge in [0.1, 0.15) is 5.75 Å². The molecule has 8 nitrogen and oxygen atoms in total. The lowest BCUT2D eigenvalue weighted by Crippen LogP contribution is -2.49. The second-order valence-corrected chi connectivity index (χ2v) is 10.3. The third-order valence-corrected chi connectivity index (χ3v) is 7.40. The second-order valence-electron chi connectivity index (χ2n) is 9.18. The maximum absolute atomic E-state index is 13.2. The Labute approximate surface area is 255 Å². The summed E-state index contributed by atoms with van der Waals surface area (Å²) in [6.07, 6.45) is 3.29.